The molecule has 1 aliphatic rings. The summed E-state index contributed by atoms with van der Waals surface area (Å²) in [6.07, 6.45) is 5.98. The molecule has 1 rings (SSSR count). The standard InChI is InChI=1S/C8H14O2S2/c9-6-3-1-2-4-8-5-7-12(10)11-8/h6,8H,1-5,7H2. The Bertz CT molecular complexity index is 170. The fraction of sp³-hybridized carbons (Fsp3) is 0.875. The van der Waals surface area contributed by atoms with Crippen LogP contribution in [0.1, 0.15) is 32.1 Å². The molecule has 0 aromatic carbocycles. The van der Waals surface area contributed by atoms with Crippen LogP contribution in [-0.4, -0.2) is 21.5 Å². The van der Waals surface area contributed by atoms with Crippen LogP contribution >= 0.6 is 10.8 Å². The Morgan fingerprint density at radius 2 is 2.33 bits per heavy atom. The lowest BCUT2D eigenvalue weighted by molar-refractivity contribution is -0.107. The molecule has 2 nitrogen and oxygen atoms in total. The van der Waals surface area contributed by atoms with Crippen molar-refractivity contribution in [2.45, 2.75) is 37.4 Å². The molecular formula is C8H14O2S2. The smallest absolute Gasteiger partial charge is 0.119 e. The monoisotopic (exact) mass is 206 g/mol. The highest BCUT2D eigenvalue weighted by molar-refractivity contribution is 8.69. The molecule has 0 spiro atoms. The molecule has 0 amide bonds. The summed E-state index contributed by atoms with van der Waals surface area (Å²) in [5.74, 6) is 0.864. The molecule has 12 heavy (non-hydrogen) atoms. The second kappa shape index (κ2) is 5.75. The van der Waals surface area contributed by atoms with Crippen LogP contribution in [-0.2, 0) is 14.6 Å². The van der Waals surface area contributed by atoms with Gasteiger partial charge >= 0.3 is 0 Å². The summed E-state index contributed by atoms with van der Waals surface area (Å²) in [6.45, 7) is 0. The van der Waals surface area contributed by atoms with Crippen LogP contribution in [0.15, 0.2) is 0 Å². The number of hydrogen-bond donors (Lipinski definition) is 0. The number of carbonyl (C=O) groups is 1. The van der Waals surface area contributed by atoms with Crippen molar-refractivity contribution in [1.29, 1.82) is 0 Å². The Labute approximate surface area is 79.3 Å². The lowest BCUT2D eigenvalue weighted by Gasteiger charge is -2.04. The molecule has 2 atom stereocenters. The average Bonchev–Trinajstić information content (AvgIpc) is 2.45. The minimum absolute atomic E-state index is 0.595. The van der Waals surface area contributed by atoms with Crippen LogP contribution in [0.3, 0.4) is 0 Å². The Balaban J connectivity index is 2.00. The van der Waals surface area contributed by atoms with Crippen LogP contribution in [0, 0.1) is 0 Å². The SMILES string of the molecule is O=CCCCCC1CCS(=O)S1. The number of rotatable bonds is 5. The largest absolute Gasteiger partial charge is 0.303 e. The van der Waals surface area contributed by atoms with Crippen LogP contribution in [0.25, 0.3) is 0 Å². The number of hydrogen-bond acceptors (Lipinski definition) is 3. The van der Waals surface area contributed by atoms with Crippen LogP contribution in [0.5, 0.6) is 0 Å². The average molecular weight is 206 g/mol. The molecule has 0 aliphatic carbocycles. The van der Waals surface area contributed by atoms with E-state index in [1.54, 1.807) is 10.8 Å². The molecule has 0 aromatic heterocycles. The first kappa shape index (κ1) is 10.3. The van der Waals surface area contributed by atoms with E-state index < -0.39 is 9.83 Å². The predicted octanol–water partition coefficient (Wildman–Crippen LogP) is 1.91. The van der Waals surface area contributed by atoms with Gasteiger partial charge in [0.2, 0.25) is 0 Å². The molecule has 0 saturated carbocycles. The van der Waals surface area contributed by atoms with E-state index in [1.807, 2.05) is 0 Å². The molecule has 2 unspecified atom stereocenters. The van der Waals surface area contributed by atoms with E-state index in [4.69, 9.17) is 0 Å². The molecule has 0 bridgehead atoms. The van der Waals surface area contributed by atoms with E-state index in [0.717, 1.165) is 37.7 Å². The van der Waals surface area contributed by atoms with Gasteiger partial charge in [-0.2, -0.15) is 0 Å². The van der Waals surface area contributed by atoms with Gasteiger partial charge in [0.05, 0.1) is 9.83 Å². The first-order chi connectivity index (χ1) is 5.83. The predicted molar refractivity (Wildman–Crippen MR) is 53.5 cm³/mol. The van der Waals surface area contributed by atoms with Crippen molar-refractivity contribution in [2.24, 2.45) is 0 Å². The zero-order chi connectivity index (χ0) is 8.81. The van der Waals surface area contributed by atoms with Gasteiger partial charge in [0, 0.05) is 17.4 Å². The quantitative estimate of drug-likeness (QED) is 0.391. The van der Waals surface area contributed by atoms with Gasteiger partial charge in [0.15, 0.2) is 0 Å². The van der Waals surface area contributed by atoms with Crippen molar-refractivity contribution in [3.63, 3.8) is 0 Å². The third kappa shape index (κ3) is 3.72. The first-order valence-corrected chi connectivity index (χ1v) is 7.03. The van der Waals surface area contributed by atoms with E-state index in [-0.39, 0.29) is 0 Å². The van der Waals surface area contributed by atoms with Gasteiger partial charge in [-0.15, -0.1) is 0 Å². The topological polar surface area (TPSA) is 34.1 Å². The molecule has 4 heteroatoms. The van der Waals surface area contributed by atoms with Gasteiger partial charge < -0.3 is 4.79 Å². The summed E-state index contributed by atoms with van der Waals surface area (Å²) < 4.78 is 11.0. The molecule has 0 aromatic rings. The summed E-state index contributed by atoms with van der Waals surface area (Å²) in [4.78, 5) is 10.00. The minimum atomic E-state index is -0.613. The second-order valence-corrected chi connectivity index (χ2v) is 6.53. The van der Waals surface area contributed by atoms with Gasteiger partial charge in [0.1, 0.15) is 6.29 Å². The second-order valence-electron chi connectivity index (χ2n) is 2.97. The number of aldehydes is 1. The maximum Gasteiger partial charge on any atom is 0.119 e. The summed E-state index contributed by atoms with van der Waals surface area (Å²) in [6, 6.07) is 0. The van der Waals surface area contributed by atoms with Crippen molar-refractivity contribution in [1.82, 2.24) is 0 Å². The highest BCUT2D eigenvalue weighted by Gasteiger charge is 2.20. The fourth-order valence-electron chi connectivity index (χ4n) is 1.27. The van der Waals surface area contributed by atoms with E-state index in [1.165, 1.54) is 0 Å². The molecule has 1 fully saturated rings. The summed E-state index contributed by atoms with van der Waals surface area (Å²) >= 11 is 0. The third-order valence-electron chi connectivity index (χ3n) is 1.95. The molecule has 1 saturated heterocycles. The fourth-order valence-corrected chi connectivity index (χ4v) is 4.84. The van der Waals surface area contributed by atoms with Crippen LogP contribution in [0.2, 0.25) is 0 Å². The summed E-state index contributed by atoms with van der Waals surface area (Å²) in [5, 5.41) is 0.595. The third-order valence-corrected chi connectivity index (χ3v) is 5.44. The maximum absolute atomic E-state index is 11.0. The van der Waals surface area contributed by atoms with Crippen molar-refractivity contribution in [2.75, 3.05) is 5.75 Å². The van der Waals surface area contributed by atoms with E-state index in [9.17, 15) is 9.00 Å². The van der Waals surface area contributed by atoms with Crippen molar-refractivity contribution < 1.29 is 9.00 Å². The Hall–Kier alpha value is 0.170. The van der Waals surface area contributed by atoms with Crippen molar-refractivity contribution >= 4 is 26.9 Å². The molecule has 1 aliphatic heterocycles. The molecule has 0 N–H and O–H groups in total. The van der Waals surface area contributed by atoms with E-state index in [0.29, 0.717) is 11.7 Å². The highest BCUT2D eigenvalue weighted by atomic mass is 33.1. The Kier molecular flexibility index (Phi) is 4.92. The number of unbranched alkanes of at least 4 members (excludes halogenated alkanes) is 2. The van der Waals surface area contributed by atoms with Gasteiger partial charge in [-0.25, -0.2) is 4.21 Å². The van der Waals surface area contributed by atoms with Crippen LogP contribution < -0.4 is 0 Å². The summed E-state index contributed by atoms with van der Waals surface area (Å²) in [7, 11) is 0.994. The van der Waals surface area contributed by atoms with Crippen molar-refractivity contribution in [3.8, 4) is 0 Å². The van der Waals surface area contributed by atoms with Gasteiger partial charge in [-0.3, -0.25) is 0 Å². The normalized spacial score (nSPS) is 29.0. The molecule has 70 valence electrons. The molecule has 0 radical (unpaired) electrons. The maximum atomic E-state index is 11.0. The number of carbonyl (C=O) groups excluding carboxylic acids is 1. The van der Waals surface area contributed by atoms with Gasteiger partial charge in [0.25, 0.3) is 0 Å². The molecule has 1 heterocycles. The lowest BCUT2D eigenvalue weighted by Crippen LogP contribution is -1.96. The van der Waals surface area contributed by atoms with Gasteiger partial charge in [-0.05, 0) is 19.3 Å². The summed E-state index contributed by atoms with van der Waals surface area (Å²) in [5.41, 5.74) is 0. The Morgan fingerprint density at radius 1 is 1.50 bits per heavy atom. The lowest BCUT2D eigenvalue weighted by atomic mass is 10.1. The minimum Gasteiger partial charge on any atom is -0.303 e. The first-order valence-electron chi connectivity index (χ1n) is 4.32. The highest BCUT2D eigenvalue weighted by Crippen LogP contribution is 2.31. The zero-order valence-corrected chi connectivity index (χ0v) is 8.66. The van der Waals surface area contributed by atoms with Crippen molar-refractivity contribution in [3.05, 3.63) is 0 Å². The van der Waals surface area contributed by atoms with Crippen LogP contribution in [0.4, 0.5) is 0 Å². The van der Waals surface area contributed by atoms with E-state index in [2.05, 4.69) is 0 Å². The van der Waals surface area contributed by atoms with Gasteiger partial charge in [-0.1, -0.05) is 17.2 Å². The van der Waals surface area contributed by atoms with E-state index >= 15 is 0 Å². The molecular weight excluding hydrogens is 192 g/mol. The Morgan fingerprint density at radius 3 is 2.92 bits per heavy atom. The zero-order valence-electron chi connectivity index (χ0n) is 7.03.